The summed E-state index contributed by atoms with van der Waals surface area (Å²) in [5, 5.41) is 3.35. The summed E-state index contributed by atoms with van der Waals surface area (Å²) in [5.41, 5.74) is 1.18. The summed E-state index contributed by atoms with van der Waals surface area (Å²) in [4.78, 5) is 0. The minimum absolute atomic E-state index is 0.721. The number of hydrogen-bond donors (Lipinski definition) is 1. The van der Waals surface area contributed by atoms with Crippen molar-refractivity contribution in [3.05, 3.63) is 28.2 Å². The van der Waals surface area contributed by atoms with Crippen LogP contribution in [0.3, 0.4) is 0 Å². The van der Waals surface area contributed by atoms with Crippen LogP contribution in [0.1, 0.15) is 32.3 Å². The highest BCUT2D eigenvalue weighted by molar-refractivity contribution is 9.10. The van der Waals surface area contributed by atoms with E-state index in [0.717, 1.165) is 48.9 Å². The zero-order chi connectivity index (χ0) is 14.8. The molecule has 1 N–H and O–H groups in total. The van der Waals surface area contributed by atoms with Crippen LogP contribution in [0.2, 0.25) is 0 Å². The molecule has 0 heterocycles. The first-order chi connectivity index (χ1) is 9.65. The minimum Gasteiger partial charge on any atom is -0.492 e. The Kier molecular flexibility index (Phi) is 8.90. The third-order valence-electron chi connectivity index (χ3n) is 3.02. The third-order valence-corrected chi connectivity index (χ3v) is 3.64. The van der Waals surface area contributed by atoms with E-state index in [4.69, 9.17) is 9.47 Å². The number of rotatable bonds is 10. The zero-order valence-corrected chi connectivity index (χ0v) is 14.3. The van der Waals surface area contributed by atoms with Gasteiger partial charge < -0.3 is 14.8 Å². The van der Waals surface area contributed by atoms with Gasteiger partial charge in [-0.3, -0.25) is 0 Å². The van der Waals surface area contributed by atoms with E-state index >= 15 is 0 Å². The lowest BCUT2D eigenvalue weighted by Gasteiger charge is -2.14. The Bertz CT molecular complexity index is 383. The highest BCUT2D eigenvalue weighted by Gasteiger charge is 2.08. The predicted octanol–water partition coefficient (Wildman–Crippen LogP) is 4.00. The predicted molar refractivity (Wildman–Crippen MR) is 87.3 cm³/mol. The standard InChI is InChI=1S/C16H26BrNO2/c1-13(2)6-5-10-20-16-14(7-4-8-15(16)17)12-18-9-11-19-3/h4,7-8,13,18H,5-6,9-12H2,1-3H3. The Morgan fingerprint density at radius 3 is 2.75 bits per heavy atom. The normalized spacial score (nSPS) is 11.1. The van der Waals surface area contributed by atoms with Crippen LogP contribution < -0.4 is 10.1 Å². The molecule has 0 atom stereocenters. The first kappa shape index (κ1) is 17.5. The fourth-order valence-electron chi connectivity index (χ4n) is 1.92. The quantitative estimate of drug-likeness (QED) is 0.651. The second-order valence-electron chi connectivity index (χ2n) is 5.28. The summed E-state index contributed by atoms with van der Waals surface area (Å²) in [6.07, 6.45) is 2.29. The highest BCUT2D eigenvalue weighted by Crippen LogP contribution is 2.29. The van der Waals surface area contributed by atoms with Gasteiger partial charge in [-0.1, -0.05) is 26.0 Å². The molecular formula is C16H26BrNO2. The first-order valence-electron chi connectivity index (χ1n) is 7.25. The molecule has 0 bridgehead atoms. The van der Waals surface area contributed by atoms with E-state index in [1.54, 1.807) is 7.11 Å². The largest absolute Gasteiger partial charge is 0.492 e. The maximum Gasteiger partial charge on any atom is 0.137 e. The molecule has 1 aromatic rings. The van der Waals surface area contributed by atoms with Gasteiger partial charge in [-0.2, -0.15) is 0 Å². The van der Waals surface area contributed by atoms with Crippen molar-refractivity contribution in [1.82, 2.24) is 5.32 Å². The molecule has 4 heteroatoms. The molecule has 0 aliphatic carbocycles. The van der Waals surface area contributed by atoms with Gasteiger partial charge in [0.2, 0.25) is 0 Å². The summed E-state index contributed by atoms with van der Waals surface area (Å²) >= 11 is 3.57. The Morgan fingerprint density at radius 2 is 2.05 bits per heavy atom. The van der Waals surface area contributed by atoms with Crippen molar-refractivity contribution < 1.29 is 9.47 Å². The maximum atomic E-state index is 5.96. The topological polar surface area (TPSA) is 30.5 Å². The monoisotopic (exact) mass is 343 g/mol. The van der Waals surface area contributed by atoms with Gasteiger partial charge in [-0.25, -0.2) is 0 Å². The van der Waals surface area contributed by atoms with Crippen molar-refractivity contribution in [2.24, 2.45) is 5.92 Å². The Balaban J connectivity index is 2.49. The molecule has 0 spiro atoms. The fraction of sp³-hybridized carbons (Fsp3) is 0.625. The molecule has 0 fully saturated rings. The number of benzene rings is 1. The minimum atomic E-state index is 0.721. The van der Waals surface area contributed by atoms with Crippen molar-refractivity contribution in [2.75, 3.05) is 26.9 Å². The summed E-state index contributed by atoms with van der Waals surface area (Å²) in [5.74, 6) is 1.69. The summed E-state index contributed by atoms with van der Waals surface area (Å²) in [6.45, 7) is 7.61. The van der Waals surface area contributed by atoms with Crippen LogP contribution in [0.4, 0.5) is 0 Å². The van der Waals surface area contributed by atoms with Gasteiger partial charge >= 0.3 is 0 Å². The molecule has 114 valence electrons. The average Bonchev–Trinajstić information content (AvgIpc) is 2.41. The van der Waals surface area contributed by atoms with Gasteiger partial charge in [0.15, 0.2) is 0 Å². The average molecular weight is 344 g/mol. The molecule has 3 nitrogen and oxygen atoms in total. The van der Waals surface area contributed by atoms with E-state index in [9.17, 15) is 0 Å². The molecule has 0 radical (unpaired) electrons. The third kappa shape index (κ3) is 6.73. The van der Waals surface area contributed by atoms with Gasteiger partial charge in [0.1, 0.15) is 5.75 Å². The second-order valence-corrected chi connectivity index (χ2v) is 6.14. The fourth-order valence-corrected chi connectivity index (χ4v) is 2.44. The van der Waals surface area contributed by atoms with Crippen LogP contribution in [0.5, 0.6) is 5.75 Å². The molecule has 0 saturated carbocycles. The van der Waals surface area contributed by atoms with Gasteiger partial charge in [0, 0.05) is 25.8 Å². The molecule has 1 rings (SSSR count). The molecule has 0 aliphatic rings. The van der Waals surface area contributed by atoms with Crippen LogP contribution in [-0.4, -0.2) is 26.9 Å². The molecule has 0 amide bonds. The summed E-state index contributed by atoms with van der Waals surface area (Å²) < 4.78 is 12.0. The van der Waals surface area contributed by atoms with Crippen LogP contribution in [0.25, 0.3) is 0 Å². The number of nitrogens with one attached hydrogen (secondary N) is 1. The van der Waals surface area contributed by atoms with E-state index in [1.165, 1.54) is 12.0 Å². The van der Waals surface area contributed by atoms with E-state index in [0.29, 0.717) is 0 Å². The SMILES string of the molecule is COCCNCc1cccc(Br)c1OCCCC(C)C. The molecule has 0 aromatic heterocycles. The number of hydrogen-bond acceptors (Lipinski definition) is 3. The molecule has 0 saturated heterocycles. The van der Waals surface area contributed by atoms with Gasteiger partial charge in [-0.05, 0) is 40.8 Å². The van der Waals surface area contributed by atoms with Gasteiger partial charge in [0.25, 0.3) is 0 Å². The van der Waals surface area contributed by atoms with Crippen LogP contribution >= 0.6 is 15.9 Å². The second kappa shape index (κ2) is 10.2. The lowest BCUT2D eigenvalue weighted by molar-refractivity contribution is 0.199. The van der Waals surface area contributed by atoms with Crippen LogP contribution in [0.15, 0.2) is 22.7 Å². The van der Waals surface area contributed by atoms with Crippen LogP contribution in [-0.2, 0) is 11.3 Å². The number of para-hydroxylation sites is 1. The zero-order valence-electron chi connectivity index (χ0n) is 12.7. The van der Waals surface area contributed by atoms with Crippen molar-refractivity contribution in [3.63, 3.8) is 0 Å². The lowest BCUT2D eigenvalue weighted by Crippen LogP contribution is -2.19. The molecule has 20 heavy (non-hydrogen) atoms. The Labute approximate surface area is 131 Å². The Morgan fingerprint density at radius 1 is 1.25 bits per heavy atom. The highest BCUT2D eigenvalue weighted by atomic mass is 79.9. The van der Waals surface area contributed by atoms with Gasteiger partial charge in [-0.15, -0.1) is 0 Å². The lowest BCUT2D eigenvalue weighted by atomic mass is 10.1. The summed E-state index contributed by atoms with van der Waals surface area (Å²) in [6, 6.07) is 6.16. The summed E-state index contributed by atoms with van der Waals surface area (Å²) in [7, 11) is 1.71. The van der Waals surface area contributed by atoms with E-state index in [2.05, 4.69) is 41.2 Å². The molecule has 0 unspecified atom stereocenters. The number of methoxy groups -OCH3 is 1. The van der Waals surface area contributed by atoms with Crippen molar-refractivity contribution >= 4 is 15.9 Å². The van der Waals surface area contributed by atoms with E-state index < -0.39 is 0 Å². The smallest absolute Gasteiger partial charge is 0.137 e. The van der Waals surface area contributed by atoms with E-state index in [-0.39, 0.29) is 0 Å². The number of halogens is 1. The molecule has 1 aromatic carbocycles. The maximum absolute atomic E-state index is 5.96. The Hall–Kier alpha value is -0.580. The van der Waals surface area contributed by atoms with Crippen molar-refractivity contribution in [2.45, 2.75) is 33.2 Å². The van der Waals surface area contributed by atoms with Crippen molar-refractivity contribution in [3.8, 4) is 5.75 Å². The first-order valence-corrected chi connectivity index (χ1v) is 8.04. The molecule has 0 aliphatic heterocycles. The molecular weight excluding hydrogens is 318 g/mol. The number of ether oxygens (including phenoxy) is 2. The van der Waals surface area contributed by atoms with Crippen LogP contribution in [0, 0.1) is 5.92 Å². The van der Waals surface area contributed by atoms with Crippen molar-refractivity contribution in [1.29, 1.82) is 0 Å². The van der Waals surface area contributed by atoms with E-state index in [1.807, 2.05) is 12.1 Å². The van der Waals surface area contributed by atoms with Gasteiger partial charge in [0.05, 0.1) is 17.7 Å².